The van der Waals surface area contributed by atoms with Crippen LogP contribution in [0.1, 0.15) is 62.5 Å². The minimum Gasteiger partial charge on any atom is -0.494 e. The van der Waals surface area contributed by atoms with Gasteiger partial charge in [0, 0.05) is 25.7 Å². The van der Waals surface area contributed by atoms with Crippen LogP contribution in [0.4, 0.5) is 5.69 Å². The van der Waals surface area contributed by atoms with E-state index < -0.39 is 0 Å². The van der Waals surface area contributed by atoms with E-state index >= 15 is 0 Å². The fourth-order valence-corrected chi connectivity index (χ4v) is 4.50. The zero-order chi connectivity index (χ0) is 22.5. The highest BCUT2D eigenvalue weighted by molar-refractivity contribution is 5.83. The Morgan fingerprint density at radius 3 is 2.44 bits per heavy atom. The van der Waals surface area contributed by atoms with Crippen molar-refractivity contribution in [3.05, 3.63) is 53.6 Å². The molecular formula is C27H36N2O3. The van der Waals surface area contributed by atoms with E-state index in [1.807, 2.05) is 19.9 Å². The molecule has 1 aliphatic heterocycles. The zero-order valence-corrected chi connectivity index (χ0v) is 19.6. The molecule has 1 amide bonds. The second-order valence-electron chi connectivity index (χ2n) is 9.13. The van der Waals surface area contributed by atoms with E-state index in [0.717, 1.165) is 61.2 Å². The summed E-state index contributed by atoms with van der Waals surface area (Å²) in [4.78, 5) is 14.5. The van der Waals surface area contributed by atoms with Crippen molar-refractivity contribution < 1.29 is 14.3 Å². The Morgan fingerprint density at radius 1 is 1.09 bits per heavy atom. The lowest BCUT2D eigenvalue weighted by molar-refractivity contribution is -0.122. The Kier molecular flexibility index (Phi) is 7.23. The van der Waals surface area contributed by atoms with Gasteiger partial charge in [0.2, 0.25) is 5.91 Å². The van der Waals surface area contributed by atoms with Crippen LogP contribution in [-0.2, 0) is 4.79 Å². The lowest BCUT2D eigenvalue weighted by Crippen LogP contribution is -2.33. The van der Waals surface area contributed by atoms with Crippen LogP contribution in [0.5, 0.6) is 11.5 Å². The maximum Gasteiger partial charge on any atom is 0.227 e. The fourth-order valence-electron chi connectivity index (χ4n) is 4.50. The van der Waals surface area contributed by atoms with Gasteiger partial charge >= 0.3 is 0 Å². The molecule has 5 heteroatoms. The fraction of sp³-hybridized carbons (Fsp3) is 0.519. The van der Waals surface area contributed by atoms with Crippen molar-refractivity contribution in [1.29, 1.82) is 0 Å². The summed E-state index contributed by atoms with van der Waals surface area (Å²) in [6, 6.07) is 14.9. The van der Waals surface area contributed by atoms with Gasteiger partial charge in [0.05, 0.1) is 25.3 Å². The number of amides is 1. The molecule has 172 valence electrons. The Morgan fingerprint density at radius 2 is 1.81 bits per heavy atom. The monoisotopic (exact) mass is 436 g/mol. The van der Waals surface area contributed by atoms with E-state index in [1.54, 1.807) is 7.11 Å². The molecule has 2 aliphatic rings. The molecule has 2 aromatic carbocycles. The number of carbonyl (C=O) groups excluding carboxylic acids is 1. The third-order valence-electron chi connectivity index (χ3n) is 6.82. The van der Waals surface area contributed by atoms with Crippen LogP contribution in [0.3, 0.4) is 0 Å². The van der Waals surface area contributed by atoms with Gasteiger partial charge in [-0.3, -0.25) is 4.79 Å². The summed E-state index contributed by atoms with van der Waals surface area (Å²) in [7, 11) is 1.74. The van der Waals surface area contributed by atoms with Crippen molar-refractivity contribution in [3.63, 3.8) is 0 Å². The number of benzene rings is 2. The summed E-state index contributed by atoms with van der Waals surface area (Å²) in [6.07, 6.45) is 4.79. The number of piperidine rings is 1. The van der Waals surface area contributed by atoms with Gasteiger partial charge in [-0.25, -0.2) is 0 Å². The van der Waals surface area contributed by atoms with Crippen LogP contribution in [-0.4, -0.2) is 39.3 Å². The second kappa shape index (κ2) is 10.3. The molecule has 5 nitrogen and oxygen atoms in total. The molecule has 1 unspecified atom stereocenters. The number of ether oxygens (including phenoxy) is 2. The summed E-state index contributed by atoms with van der Waals surface area (Å²) in [5.41, 5.74) is 3.59. The molecule has 4 rings (SSSR count). The van der Waals surface area contributed by atoms with Crippen molar-refractivity contribution in [1.82, 2.24) is 5.32 Å². The molecule has 2 fully saturated rings. The maximum atomic E-state index is 12.1. The minimum atomic E-state index is -0.116. The van der Waals surface area contributed by atoms with Crippen LogP contribution in [0.15, 0.2) is 42.5 Å². The third-order valence-corrected chi connectivity index (χ3v) is 6.82. The van der Waals surface area contributed by atoms with Crippen LogP contribution < -0.4 is 19.7 Å². The summed E-state index contributed by atoms with van der Waals surface area (Å²) < 4.78 is 11.6. The topological polar surface area (TPSA) is 50.8 Å². The Bertz CT molecular complexity index is 900. The predicted octanol–water partition coefficient (Wildman–Crippen LogP) is 5.11. The van der Waals surface area contributed by atoms with Gasteiger partial charge < -0.3 is 19.7 Å². The summed E-state index contributed by atoms with van der Waals surface area (Å²) >= 11 is 0. The quantitative estimate of drug-likeness (QED) is 0.594. The first-order valence-corrected chi connectivity index (χ1v) is 12.0. The number of carbonyl (C=O) groups is 1. The van der Waals surface area contributed by atoms with Crippen molar-refractivity contribution in [2.24, 2.45) is 5.92 Å². The molecule has 32 heavy (non-hydrogen) atoms. The number of likely N-dealkylation sites (N-methyl/N-ethyl adjacent to an activating group) is 1. The van der Waals surface area contributed by atoms with Crippen LogP contribution in [0, 0.1) is 5.92 Å². The van der Waals surface area contributed by atoms with Crippen LogP contribution in [0.2, 0.25) is 0 Å². The first-order chi connectivity index (χ1) is 15.6. The number of anilines is 1. The molecular weight excluding hydrogens is 400 g/mol. The van der Waals surface area contributed by atoms with Crippen molar-refractivity contribution in [2.45, 2.75) is 51.4 Å². The van der Waals surface area contributed by atoms with Gasteiger partial charge in [-0.05, 0) is 74.6 Å². The first-order valence-electron chi connectivity index (χ1n) is 12.0. The highest BCUT2D eigenvalue weighted by Gasteiger charge is 2.25. The van der Waals surface area contributed by atoms with E-state index in [2.05, 4.69) is 46.6 Å². The predicted molar refractivity (Wildman–Crippen MR) is 129 cm³/mol. The minimum absolute atomic E-state index is 0.0893. The molecule has 0 bridgehead atoms. The molecule has 1 atom stereocenters. The highest BCUT2D eigenvalue weighted by Crippen LogP contribution is 2.37. The molecule has 1 saturated heterocycles. The van der Waals surface area contributed by atoms with E-state index in [-0.39, 0.29) is 11.8 Å². The number of nitrogens with one attached hydrogen (secondary N) is 1. The summed E-state index contributed by atoms with van der Waals surface area (Å²) in [5, 5.41) is 2.91. The van der Waals surface area contributed by atoms with Crippen molar-refractivity contribution in [2.75, 3.05) is 38.3 Å². The molecule has 0 radical (unpaired) electrons. The lowest BCUT2D eigenvalue weighted by atomic mass is 9.87. The number of methoxy groups -OCH3 is 1. The van der Waals surface area contributed by atoms with E-state index in [4.69, 9.17) is 9.47 Å². The summed E-state index contributed by atoms with van der Waals surface area (Å²) in [6.45, 7) is 7.40. The first kappa shape index (κ1) is 22.5. The number of hydrogen-bond acceptors (Lipinski definition) is 4. The van der Waals surface area contributed by atoms with Crippen molar-refractivity contribution in [3.8, 4) is 11.5 Å². The zero-order valence-electron chi connectivity index (χ0n) is 19.6. The van der Waals surface area contributed by atoms with Gasteiger partial charge in [0.15, 0.2) is 0 Å². The SMILES string of the molecule is CCNC(=O)C(C)c1ccc(C2CCN(c3ccc(OCC4CC4)cc3OC)CC2)cc1. The average Bonchev–Trinajstić information content (AvgIpc) is 3.67. The molecule has 2 aromatic rings. The number of hydrogen-bond donors (Lipinski definition) is 1. The van der Waals surface area contributed by atoms with Crippen molar-refractivity contribution >= 4 is 11.6 Å². The average molecular weight is 437 g/mol. The molecule has 1 N–H and O–H groups in total. The number of rotatable bonds is 9. The third kappa shape index (κ3) is 5.37. The second-order valence-corrected chi connectivity index (χ2v) is 9.13. The normalized spacial score (nSPS) is 17.7. The van der Waals surface area contributed by atoms with Gasteiger partial charge in [-0.1, -0.05) is 24.3 Å². The molecule has 1 heterocycles. The smallest absolute Gasteiger partial charge is 0.227 e. The van der Waals surface area contributed by atoms with Gasteiger partial charge in [0.1, 0.15) is 11.5 Å². The largest absolute Gasteiger partial charge is 0.494 e. The Labute approximate surface area is 192 Å². The molecule has 0 spiro atoms. The summed E-state index contributed by atoms with van der Waals surface area (Å²) in [5.74, 6) is 3.05. The van der Waals surface area contributed by atoms with Crippen LogP contribution in [0.25, 0.3) is 0 Å². The molecule has 1 aliphatic carbocycles. The van der Waals surface area contributed by atoms with Gasteiger partial charge in [-0.2, -0.15) is 0 Å². The van der Waals surface area contributed by atoms with E-state index in [9.17, 15) is 4.79 Å². The van der Waals surface area contributed by atoms with Gasteiger partial charge in [-0.15, -0.1) is 0 Å². The standard InChI is InChI=1S/C27H36N2O3/c1-4-28-27(30)19(2)21-7-9-22(10-8-21)23-13-15-29(16-14-23)25-12-11-24(17-26(25)31-3)32-18-20-5-6-20/h7-12,17,19-20,23H,4-6,13-16,18H2,1-3H3,(H,28,30). The van der Waals surface area contributed by atoms with Gasteiger partial charge in [0.25, 0.3) is 0 Å². The number of nitrogens with zero attached hydrogens (tertiary/aromatic N) is 1. The maximum absolute atomic E-state index is 12.1. The van der Waals surface area contributed by atoms with E-state index in [0.29, 0.717) is 12.5 Å². The Balaban J connectivity index is 1.35. The van der Waals surface area contributed by atoms with E-state index in [1.165, 1.54) is 18.4 Å². The lowest BCUT2D eigenvalue weighted by Gasteiger charge is -2.34. The van der Waals surface area contributed by atoms with Crippen LogP contribution >= 0.6 is 0 Å². The molecule has 0 aromatic heterocycles. The highest BCUT2D eigenvalue weighted by atomic mass is 16.5. The molecule has 1 saturated carbocycles. The Hall–Kier alpha value is -2.69.